The lowest BCUT2D eigenvalue weighted by Gasteiger charge is -2.13. The Bertz CT molecular complexity index is 395. The van der Waals surface area contributed by atoms with Gasteiger partial charge in [-0.25, -0.2) is 4.79 Å². The molecule has 0 aromatic heterocycles. The summed E-state index contributed by atoms with van der Waals surface area (Å²) in [6.07, 6.45) is -8.38. The van der Waals surface area contributed by atoms with Gasteiger partial charge in [-0.3, -0.25) is 0 Å². The van der Waals surface area contributed by atoms with Crippen molar-refractivity contribution < 1.29 is 27.8 Å². The van der Waals surface area contributed by atoms with Crippen LogP contribution in [0, 0.1) is 0 Å². The highest BCUT2D eigenvalue weighted by atomic mass is 19.4. The van der Waals surface area contributed by atoms with Gasteiger partial charge in [0.05, 0.1) is 12.5 Å². The molecule has 1 atom stereocenters. The van der Waals surface area contributed by atoms with Crippen LogP contribution in [0.1, 0.15) is 12.0 Å². The number of alkyl carbamates (subject to hydrolysis) is 1. The smallest absolute Gasteiger partial charge is 0.407 e. The minimum atomic E-state index is -4.46. The van der Waals surface area contributed by atoms with E-state index in [4.69, 9.17) is 9.84 Å². The minimum absolute atomic E-state index is 0.0159. The highest BCUT2D eigenvalue weighted by Gasteiger charge is 2.31. The standard InChI is InChI=1S/C12H14F3NO3/c13-12(14,15)6-10(17)7-16-11(18)19-8-9-4-2-1-3-5-9/h1-5,10,17H,6-8H2,(H,16,18). The van der Waals surface area contributed by atoms with E-state index < -0.39 is 31.3 Å². The van der Waals surface area contributed by atoms with Crippen LogP contribution in [0.3, 0.4) is 0 Å². The minimum Gasteiger partial charge on any atom is -0.445 e. The predicted octanol–water partition coefficient (Wildman–Crippen LogP) is 2.23. The summed E-state index contributed by atoms with van der Waals surface area (Å²) in [5.41, 5.74) is 0.758. The number of rotatable bonds is 5. The summed E-state index contributed by atoms with van der Waals surface area (Å²) in [6, 6.07) is 8.82. The lowest BCUT2D eigenvalue weighted by atomic mass is 10.2. The summed E-state index contributed by atoms with van der Waals surface area (Å²) in [5.74, 6) is 0. The van der Waals surface area contributed by atoms with Crippen LogP contribution in [0.25, 0.3) is 0 Å². The van der Waals surface area contributed by atoms with Crippen LogP contribution in [0.4, 0.5) is 18.0 Å². The Kier molecular flexibility index (Phi) is 5.62. The first-order valence-corrected chi connectivity index (χ1v) is 5.56. The lowest BCUT2D eigenvalue weighted by Crippen LogP contribution is -2.34. The quantitative estimate of drug-likeness (QED) is 0.867. The summed E-state index contributed by atoms with van der Waals surface area (Å²) in [5, 5.41) is 11.1. The molecular formula is C12H14F3NO3. The van der Waals surface area contributed by atoms with Crippen LogP contribution in [-0.2, 0) is 11.3 Å². The molecule has 0 saturated heterocycles. The van der Waals surface area contributed by atoms with E-state index in [0.29, 0.717) is 0 Å². The maximum Gasteiger partial charge on any atom is 0.407 e. The molecule has 0 aliphatic heterocycles. The van der Waals surface area contributed by atoms with Crippen LogP contribution < -0.4 is 5.32 Å². The Morgan fingerprint density at radius 3 is 2.53 bits per heavy atom. The molecule has 1 aromatic carbocycles. The Hall–Kier alpha value is -1.76. The van der Waals surface area contributed by atoms with Crippen LogP contribution in [0.15, 0.2) is 30.3 Å². The maximum atomic E-state index is 11.9. The summed E-state index contributed by atoms with van der Waals surface area (Å²) >= 11 is 0. The molecule has 0 aliphatic carbocycles. The molecule has 0 radical (unpaired) electrons. The zero-order valence-corrected chi connectivity index (χ0v) is 9.98. The van der Waals surface area contributed by atoms with Gasteiger partial charge in [-0.1, -0.05) is 30.3 Å². The van der Waals surface area contributed by atoms with Crippen LogP contribution in [-0.4, -0.2) is 30.0 Å². The number of hydrogen-bond acceptors (Lipinski definition) is 3. The zero-order valence-electron chi connectivity index (χ0n) is 9.98. The second kappa shape index (κ2) is 6.98. The fourth-order valence-corrected chi connectivity index (χ4v) is 1.31. The third kappa shape index (κ3) is 7.30. The first-order valence-electron chi connectivity index (χ1n) is 5.56. The molecule has 0 saturated carbocycles. The molecule has 1 aromatic rings. The lowest BCUT2D eigenvalue weighted by molar-refractivity contribution is -0.152. The fourth-order valence-electron chi connectivity index (χ4n) is 1.31. The molecule has 0 fully saturated rings. The molecule has 0 bridgehead atoms. The second-order valence-corrected chi connectivity index (χ2v) is 3.92. The van der Waals surface area contributed by atoms with E-state index >= 15 is 0 Å². The second-order valence-electron chi connectivity index (χ2n) is 3.92. The first kappa shape index (κ1) is 15.3. The van der Waals surface area contributed by atoms with Crippen molar-refractivity contribution in [1.82, 2.24) is 5.32 Å². The van der Waals surface area contributed by atoms with Crippen molar-refractivity contribution >= 4 is 6.09 Å². The van der Waals surface area contributed by atoms with Crippen molar-refractivity contribution in [3.63, 3.8) is 0 Å². The number of amides is 1. The Labute approximate surface area is 108 Å². The summed E-state index contributed by atoms with van der Waals surface area (Å²) < 4.78 is 40.5. The van der Waals surface area contributed by atoms with Gasteiger partial charge < -0.3 is 15.2 Å². The van der Waals surface area contributed by atoms with Crippen molar-refractivity contribution in [3.05, 3.63) is 35.9 Å². The average Bonchev–Trinajstić information content (AvgIpc) is 2.33. The Morgan fingerprint density at radius 2 is 1.95 bits per heavy atom. The van der Waals surface area contributed by atoms with Gasteiger partial charge >= 0.3 is 12.3 Å². The van der Waals surface area contributed by atoms with E-state index in [1.165, 1.54) is 0 Å². The molecule has 106 valence electrons. The van der Waals surface area contributed by atoms with E-state index in [2.05, 4.69) is 5.32 Å². The van der Waals surface area contributed by atoms with E-state index in [-0.39, 0.29) is 6.61 Å². The van der Waals surface area contributed by atoms with Crippen molar-refractivity contribution in [2.75, 3.05) is 6.54 Å². The highest BCUT2D eigenvalue weighted by molar-refractivity contribution is 5.67. The SMILES string of the molecule is O=C(NCC(O)CC(F)(F)F)OCc1ccccc1. The van der Waals surface area contributed by atoms with Crippen molar-refractivity contribution in [2.45, 2.75) is 25.3 Å². The molecule has 1 rings (SSSR count). The number of nitrogens with one attached hydrogen (secondary N) is 1. The molecule has 0 heterocycles. The van der Waals surface area contributed by atoms with Gasteiger partial charge in [0.25, 0.3) is 0 Å². The number of alkyl halides is 3. The Morgan fingerprint density at radius 1 is 1.32 bits per heavy atom. The number of aliphatic hydroxyl groups excluding tert-OH is 1. The number of ether oxygens (including phenoxy) is 1. The van der Waals surface area contributed by atoms with E-state index in [1.807, 2.05) is 0 Å². The molecule has 4 nitrogen and oxygen atoms in total. The van der Waals surface area contributed by atoms with Gasteiger partial charge in [0.1, 0.15) is 6.61 Å². The maximum absolute atomic E-state index is 11.9. The fraction of sp³-hybridized carbons (Fsp3) is 0.417. The van der Waals surface area contributed by atoms with Gasteiger partial charge in [0, 0.05) is 6.54 Å². The molecule has 0 aliphatic rings. The highest BCUT2D eigenvalue weighted by Crippen LogP contribution is 2.21. The number of benzene rings is 1. The third-order valence-corrected chi connectivity index (χ3v) is 2.16. The predicted molar refractivity (Wildman–Crippen MR) is 61.3 cm³/mol. The Balaban J connectivity index is 2.21. The van der Waals surface area contributed by atoms with Crippen LogP contribution >= 0.6 is 0 Å². The molecule has 2 N–H and O–H groups in total. The van der Waals surface area contributed by atoms with Crippen molar-refractivity contribution in [3.8, 4) is 0 Å². The van der Waals surface area contributed by atoms with Gasteiger partial charge in [0.2, 0.25) is 0 Å². The number of carbonyl (C=O) groups excluding carboxylic acids is 1. The van der Waals surface area contributed by atoms with Gasteiger partial charge in [0.15, 0.2) is 0 Å². The number of halogens is 3. The monoisotopic (exact) mass is 277 g/mol. The zero-order chi connectivity index (χ0) is 14.3. The molecule has 7 heteroatoms. The van der Waals surface area contributed by atoms with E-state index in [1.54, 1.807) is 30.3 Å². The molecule has 0 spiro atoms. The number of aliphatic hydroxyl groups is 1. The van der Waals surface area contributed by atoms with Gasteiger partial charge in [-0.15, -0.1) is 0 Å². The topological polar surface area (TPSA) is 58.6 Å². The molecule has 1 unspecified atom stereocenters. The summed E-state index contributed by atoms with van der Waals surface area (Å²) in [4.78, 5) is 11.2. The summed E-state index contributed by atoms with van der Waals surface area (Å²) in [6.45, 7) is -0.491. The van der Waals surface area contributed by atoms with Gasteiger partial charge in [-0.2, -0.15) is 13.2 Å². The third-order valence-electron chi connectivity index (χ3n) is 2.16. The van der Waals surface area contributed by atoms with E-state index in [0.717, 1.165) is 5.56 Å². The summed E-state index contributed by atoms with van der Waals surface area (Å²) in [7, 11) is 0. The number of hydrogen-bond donors (Lipinski definition) is 2. The van der Waals surface area contributed by atoms with Crippen molar-refractivity contribution in [2.24, 2.45) is 0 Å². The van der Waals surface area contributed by atoms with Crippen LogP contribution in [0.5, 0.6) is 0 Å². The molecule has 19 heavy (non-hydrogen) atoms. The van der Waals surface area contributed by atoms with Crippen molar-refractivity contribution in [1.29, 1.82) is 0 Å². The largest absolute Gasteiger partial charge is 0.445 e. The van der Waals surface area contributed by atoms with Gasteiger partial charge in [-0.05, 0) is 5.56 Å². The van der Waals surface area contributed by atoms with Crippen LogP contribution in [0.2, 0.25) is 0 Å². The van der Waals surface area contributed by atoms with E-state index in [9.17, 15) is 18.0 Å². The molecule has 1 amide bonds. The number of carbonyl (C=O) groups is 1. The molecular weight excluding hydrogens is 263 g/mol. The normalized spacial score (nSPS) is 12.8. The average molecular weight is 277 g/mol. The first-order chi connectivity index (χ1) is 8.87.